The molecule has 9 heterocycles. The molecule has 27 rings (SSSR count). The summed E-state index contributed by atoms with van der Waals surface area (Å²) in [6, 6.07) is 129. The van der Waals surface area contributed by atoms with Gasteiger partial charge in [0.2, 0.25) is 0 Å². The zero-order valence-corrected chi connectivity index (χ0v) is 66.8. The SMILES string of the molecule is c1ccc2cc(-c3nc(-c4ccc5c(c4)oc4ccccc45)nc(-c4ccc5c(c4)oc4ccccc45)n3)ccc2c1.c1ccc2cc(-c3nc(-c4ccc5oc6ccccc6c5c4)nc(-c4cccc5c4oc4ccccc45)n3)ccc2c1.c1ccc2cc(-c3nc(-c4cccc5c4oc4ccccc45)nc(-c4cccc5c4oc4ccccc45)n3)ccc2c1. The fraction of sp³-hybridized carbons (Fsp3) is 0. The number of nitrogens with zero attached hydrogens (tertiary/aromatic N) is 9. The van der Waals surface area contributed by atoms with Gasteiger partial charge in [0.05, 0.1) is 16.7 Å². The molecule has 0 saturated carbocycles. The second-order valence-corrected chi connectivity index (χ2v) is 31.4. The van der Waals surface area contributed by atoms with Crippen LogP contribution in [-0.4, -0.2) is 44.9 Å². The molecule has 588 valence electrons. The molecule has 0 aliphatic rings. The first kappa shape index (κ1) is 71.5. The maximum atomic E-state index is 6.38. The second-order valence-electron chi connectivity index (χ2n) is 31.4. The highest BCUT2D eigenvalue weighted by Gasteiger charge is 2.25. The van der Waals surface area contributed by atoms with Crippen LogP contribution in [0.25, 0.3) is 266 Å². The van der Waals surface area contributed by atoms with Gasteiger partial charge >= 0.3 is 0 Å². The van der Waals surface area contributed by atoms with Crippen molar-refractivity contribution in [1.82, 2.24) is 44.9 Å². The summed E-state index contributed by atoms with van der Waals surface area (Å²) in [6.07, 6.45) is 0. The van der Waals surface area contributed by atoms with Crippen LogP contribution < -0.4 is 0 Å². The Morgan fingerprint density at radius 3 is 0.698 bits per heavy atom. The molecule has 0 atom stereocenters. The Morgan fingerprint density at radius 2 is 0.349 bits per heavy atom. The average Bonchev–Trinajstić information content (AvgIpc) is 1.54. The molecule has 126 heavy (non-hydrogen) atoms. The summed E-state index contributed by atoms with van der Waals surface area (Å²) in [5.74, 6) is 5.18. The van der Waals surface area contributed by atoms with E-state index < -0.39 is 0 Å². The predicted octanol–water partition coefficient (Wildman–Crippen LogP) is 29.5. The summed E-state index contributed by atoms with van der Waals surface area (Å²) >= 11 is 0. The highest BCUT2D eigenvalue weighted by Crippen LogP contribution is 2.43. The standard InChI is InChI=1S/3C37H21N3O2/c1-2-9-23-20-24(17-16-22(23)8-1)35-38-36(25-18-19-33-30(21-25)27-11-4-5-14-31(27)41-33)40-37(39-35)29-13-7-12-28-26-10-3-6-15-32(26)42-34(28)29;1-2-10-23-21-24(20-19-22(23)9-1)35-38-36(29-15-7-13-27-25-11-3-5-17-31(25)41-33(27)29)40-37(39-35)30-16-8-14-28-26-12-4-6-18-32(26)42-34(28)30;1-2-8-23-19-24(14-13-22(23)7-1)35-38-36(25-15-17-29-27-9-3-5-11-31(27)41-33(29)20-25)40-37(39-35)26-16-18-30-28-10-4-6-12-32(28)42-34(30)21-26/h3*1-21H. The van der Waals surface area contributed by atoms with Crippen LogP contribution in [0, 0.1) is 0 Å². The Kier molecular flexibility index (Phi) is 16.6. The Balaban J connectivity index is 0.000000103. The molecule has 0 fully saturated rings. The van der Waals surface area contributed by atoms with Crippen molar-refractivity contribution in [2.24, 2.45) is 0 Å². The monoisotopic (exact) mass is 1620 g/mol. The van der Waals surface area contributed by atoms with E-state index in [9.17, 15) is 0 Å². The first-order valence-electron chi connectivity index (χ1n) is 41.6. The van der Waals surface area contributed by atoms with E-state index in [1.54, 1.807) is 0 Å². The van der Waals surface area contributed by atoms with Crippen LogP contribution in [0.1, 0.15) is 0 Å². The number of furan rings is 6. The summed E-state index contributed by atoms with van der Waals surface area (Å²) in [6.45, 7) is 0. The van der Waals surface area contributed by atoms with Crippen LogP contribution in [0.5, 0.6) is 0 Å². The molecule has 15 heteroatoms. The topological polar surface area (TPSA) is 195 Å². The van der Waals surface area contributed by atoms with E-state index in [0.717, 1.165) is 203 Å². The summed E-state index contributed by atoms with van der Waals surface area (Å²) in [4.78, 5) is 45.1. The van der Waals surface area contributed by atoms with Gasteiger partial charge in [-0.2, -0.15) is 0 Å². The highest BCUT2D eigenvalue weighted by atomic mass is 16.3. The van der Waals surface area contributed by atoms with E-state index in [-0.39, 0.29) is 0 Å². The molecule has 27 aromatic rings. The van der Waals surface area contributed by atoms with Gasteiger partial charge in [0, 0.05) is 98.0 Å². The van der Waals surface area contributed by atoms with E-state index in [1.807, 2.05) is 206 Å². The van der Waals surface area contributed by atoms with Crippen LogP contribution in [0.4, 0.5) is 0 Å². The third-order valence-electron chi connectivity index (χ3n) is 23.8. The van der Waals surface area contributed by atoms with Crippen molar-refractivity contribution >= 4 is 164 Å². The third kappa shape index (κ3) is 12.4. The van der Waals surface area contributed by atoms with Crippen molar-refractivity contribution in [2.45, 2.75) is 0 Å². The summed E-state index contributed by atoms with van der Waals surface area (Å²) in [5.41, 5.74) is 17.6. The summed E-state index contributed by atoms with van der Waals surface area (Å²) in [7, 11) is 0. The summed E-state index contributed by atoms with van der Waals surface area (Å²) in [5, 5.41) is 19.5. The van der Waals surface area contributed by atoms with Gasteiger partial charge in [0.15, 0.2) is 52.4 Å². The van der Waals surface area contributed by atoms with Crippen molar-refractivity contribution in [3.8, 4) is 102 Å². The van der Waals surface area contributed by atoms with Crippen LogP contribution in [-0.2, 0) is 0 Å². The van der Waals surface area contributed by atoms with Gasteiger partial charge in [-0.1, -0.05) is 267 Å². The highest BCUT2D eigenvalue weighted by molar-refractivity contribution is 6.14. The van der Waals surface area contributed by atoms with Crippen LogP contribution >= 0.6 is 0 Å². The molecule has 0 N–H and O–H groups in total. The van der Waals surface area contributed by atoms with Gasteiger partial charge in [0.1, 0.15) is 67.0 Å². The van der Waals surface area contributed by atoms with Gasteiger partial charge in [0.25, 0.3) is 0 Å². The van der Waals surface area contributed by atoms with E-state index in [4.69, 9.17) is 71.4 Å². The first-order chi connectivity index (χ1) is 62.3. The lowest BCUT2D eigenvalue weighted by Crippen LogP contribution is -2.00. The first-order valence-corrected chi connectivity index (χ1v) is 41.6. The van der Waals surface area contributed by atoms with Gasteiger partial charge in [-0.15, -0.1) is 0 Å². The van der Waals surface area contributed by atoms with Gasteiger partial charge in [-0.25, -0.2) is 44.9 Å². The number of aromatic nitrogens is 9. The van der Waals surface area contributed by atoms with Crippen molar-refractivity contribution < 1.29 is 26.5 Å². The third-order valence-corrected chi connectivity index (χ3v) is 23.8. The van der Waals surface area contributed by atoms with E-state index in [1.165, 1.54) is 10.8 Å². The van der Waals surface area contributed by atoms with E-state index in [0.29, 0.717) is 52.4 Å². The zero-order valence-electron chi connectivity index (χ0n) is 66.8. The molecule has 9 aromatic heterocycles. The zero-order chi connectivity index (χ0) is 82.9. The van der Waals surface area contributed by atoms with E-state index in [2.05, 4.69) is 176 Å². The Bertz CT molecular complexity index is 8850. The Labute approximate surface area is 715 Å². The minimum Gasteiger partial charge on any atom is -0.456 e. The fourth-order valence-electron chi connectivity index (χ4n) is 17.6. The molecule has 18 aromatic carbocycles. The van der Waals surface area contributed by atoms with Crippen molar-refractivity contribution in [2.75, 3.05) is 0 Å². The number of benzene rings is 18. The van der Waals surface area contributed by atoms with Crippen molar-refractivity contribution in [1.29, 1.82) is 0 Å². The van der Waals surface area contributed by atoms with Crippen LogP contribution in [0.2, 0.25) is 0 Å². The fourth-order valence-corrected chi connectivity index (χ4v) is 17.6. The normalized spacial score (nSPS) is 11.8. The van der Waals surface area contributed by atoms with Gasteiger partial charge in [-0.05, 0) is 148 Å². The minimum atomic E-state index is 0.543. The molecule has 0 unspecified atom stereocenters. The lowest BCUT2D eigenvalue weighted by molar-refractivity contribution is 0.668. The molecular weight excluding hydrogens is 1560 g/mol. The molecule has 0 amide bonds. The minimum absolute atomic E-state index is 0.543. The Morgan fingerprint density at radius 1 is 0.127 bits per heavy atom. The number of para-hydroxylation sites is 9. The van der Waals surface area contributed by atoms with Crippen molar-refractivity contribution in [3.63, 3.8) is 0 Å². The lowest BCUT2D eigenvalue weighted by atomic mass is 10.1. The summed E-state index contributed by atoms with van der Waals surface area (Å²) < 4.78 is 37.6. The number of fused-ring (bicyclic) bond motifs is 21. The molecule has 0 aliphatic carbocycles. The number of hydrogen-bond donors (Lipinski definition) is 0. The van der Waals surface area contributed by atoms with Crippen LogP contribution in [0.3, 0.4) is 0 Å². The number of hydrogen-bond acceptors (Lipinski definition) is 15. The largest absolute Gasteiger partial charge is 0.456 e. The van der Waals surface area contributed by atoms with Gasteiger partial charge in [-0.3, -0.25) is 0 Å². The quantitative estimate of drug-likeness (QED) is 0.132. The smallest absolute Gasteiger partial charge is 0.167 e. The molecule has 0 bridgehead atoms. The lowest BCUT2D eigenvalue weighted by Gasteiger charge is -2.10. The number of rotatable bonds is 9. The molecule has 0 spiro atoms. The van der Waals surface area contributed by atoms with Crippen LogP contribution in [0.15, 0.2) is 409 Å². The maximum Gasteiger partial charge on any atom is 0.167 e. The van der Waals surface area contributed by atoms with E-state index >= 15 is 0 Å². The predicted molar refractivity (Wildman–Crippen MR) is 505 cm³/mol. The molecular formula is C111H63N9O6. The van der Waals surface area contributed by atoms with Crippen molar-refractivity contribution in [3.05, 3.63) is 382 Å². The molecule has 0 aliphatic heterocycles. The van der Waals surface area contributed by atoms with Gasteiger partial charge < -0.3 is 26.5 Å². The Hall–Kier alpha value is -17.4. The molecule has 0 radical (unpaired) electrons. The molecule has 15 nitrogen and oxygen atoms in total. The average molecular weight is 1620 g/mol. The maximum absolute atomic E-state index is 6.38. The second kappa shape index (κ2) is 29.2. The molecule has 0 saturated heterocycles.